The summed E-state index contributed by atoms with van der Waals surface area (Å²) in [5.41, 5.74) is 5.73. The SMILES string of the molecule is Cc1cc([C@@H]2C[C@H](CNCCc3cccc4ccccc34)Oc3ccccc32)cc(C(=O)O)c1C. The molecule has 1 aliphatic rings. The number of aromatic carboxylic acids is 1. The monoisotopic (exact) mass is 465 g/mol. The van der Waals surface area contributed by atoms with Gasteiger partial charge in [-0.1, -0.05) is 66.7 Å². The molecule has 5 rings (SSSR count). The lowest BCUT2D eigenvalue weighted by molar-refractivity contribution is 0.0696. The van der Waals surface area contributed by atoms with Crippen LogP contribution in [-0.2, 0) is 6.42 Å². The van der Waals surface area contributed by atoms with Gasteiger partial charge in [0.15, 0.2) is 0 Å². The number of aryl methyl sites for hydroxylation is 1. The van der Waals surface area contributed by atoms with Gasteiger partial charge >= 0.3 is 5.97 Å². The Morgan fingerprint density at radius 3 is 2.63 bits per heavy atom. The van der Waals surface area contributed by atoms with Crippen molar-refractivity contribution in [2.75, 3.05) is 13.1 Å². The summed E-state index contributed by atoms with van der Waals surface area (Å²) in [6, 6.07) is 27.1. The van der Waals surface area contributed by atoms with Crippen LogP contribution in [0, 0.1) is 13.8 Å². The maximum absolute atomic E-state index is 11.9. The Balaban J connectivity index is 1.31. The molecule has 4 aromatic rings. The van der Waals surface area contributed by atoms with E-state index in [0.717, 1.165) is 53.9 Å². The summed E-state index contributed by atoms with van der Waals surface area (Å²) in [5.74, 6) is 0.112. The molecule has 0 radical (unpaired) electrons. The summed E-state index contributed by atoms with van der Waals surface area (Å²) in [4.78, 5) is 11.9. The molecule has 4 aromatic carbocycles. The van der Waals surface area contributed by atoms with Crippen molar-refractivity contribution < 1.29 is 14.6 Å². The van der Waals surface area contributed by atoms with Crippen molar-refractivity contribution in [1.29, 1.82) is 0 Å². The van der Waals surface area contributed by atoms with Crippen LogP contribution in [0.25, 0.3) is 10.8 Å². The highest BCUT2D eigenvalue weighted by Crippen LogP contribution is 2.41. The van der Waals surface area contributed by atoms with Gasteiger partial charge < -0.3 is 15.2 Å². The predicted octanol–water partition coefficient (Wildman–Crippen LogP) is 6.27. The molecule has 0 aromatic heterocycles. The fourth-order valence-corrected chi connectivity index (χ4v) is 5.24. The van der Waals surface area contributed by atoms with E-state index < -0.39 is 5.97 Å². The molecule has 0 saturated heterocycles. The third-order valence-corrected chi connectivity index (χ3v) is 7.23. The second-order valence-corrected chi connectivity index (χ2v) is 9.47. The number of ether oxygens (including phenoxy) is 1. The Bertz CT molecular complexity index is 1370. The Labute approximate surface area is 206 Å². The minimum Gasteiger partial charge on any atom is -0.489 e. The minimum atomic E-state index is -0.876. The van der Waals surface area contributed by atoms with Gasteiger partial charge in [-0.25, -0.2) is 4.79 Å². The number of nitrogens with one attached hydrogen (secondary N) is 1. The van der Waals surface area contributed by atoms with Crippen molar-refractivity contribution in [1.82, 2.24) is 5.32 Å². The normalized spacial score (nSPS) is 17.1. The van der Waals surface area contributed by atoms with Crippen LogP contribution >= 0.6 is 0 Å². The summed E-state index contributed by atoms with van der Waals surface area (Å²) in [6.07, 6.45) is 1.77. The van der Waals surface area contributed by atoms with Gasteiger partial charge in [0.1, 0.15) is 11.9 Å². The summed E-state index contributed by atoms with van der Waals surface area (Å²) < 4.78 is 6.36. The number of hydrogen-bond donors (Lipinski definition) is 2. The first-order valence-electron chi connectivity index (χ1n) is 12.3. The van der Waals surface area contributed by atoms with Crippen LogP contribution in [0.15, 0.2) is 78.9 Å². The topological polar surface area (TPSA) is 58.6 Å². The number of carboxylic acid groups (broad SMARTS) is 1. The largest absolute Gasteiger partial charge is 0.489 e. The Morgan fingerprint density at radius 2 is 1.77 bits per heavy atom. The number of rotatable bonds is 7. The fraction of sp³-hybridized carbons (Fsp3) is 0.258. The zero-order valence-electron chi connectivity index (χ0n) is 20.3. The molecule has 0 aliphatic carbocycles. The maximum Gasteiger partial charge on any atom is 0.335 e. The Kier molecular flexibility index (Phi) is 6.56. The molecule has 1 heterocycles. The molecule has 178 valence electrons. The van der Waals surface area contributed by atoms with Crippen molar-refractivity contribution in [3.05, 3.63) is 112 Å². The third-order valence-electron chi connectivity index (χ3n) is 7.23. The third kappa shape index (κ3) is 4.80. The van der Waals surface area contributed by atoms with Gasteiger partial charge in [0.05, 0.1) is 5.56 Å². The van der Waals surface area contributed by atoms with Gasteiger partial charge in [-0.15, -0.1) is 0 Å². The molecule has 0 unspecified atom stereocenters. The minimum absolute atomic E-state index is 0.0114. The van der Waals surface area contributed by atoms with Crippen LogP contribution < -0.4 is 10.1 Å². The molecule has 0 bridgehead atoms. The van der Waals surface area contributed by atoms with Crippen LogP contribution in [0.1, 0.15) is 50.5 Å². The summed E-state index contributed by atoms with van der Waals surface area (Å²) >= 11 is 0. The lowest BCUT2D eigenvalue weighted by Gasteiger charge is -2.33. The molecule has 0 saturated carbocycles. The first-order valence-corrected chi connectivity index (χ1v) is 12.3. The van der Waals surface area contributed by atoms with Crippen molar-refractivity contribution in [3.63, 3.8) is 0 Å². The summed E-state index contributed by atoms with van der Waals surface area (Å²) in [6.45, 7) is 5.48. The van der Waals surface area contributed by atoms with E-state index in [9.17, 15) is 9.90 Å². The Hall–Kier alpha value is -3.63. The van der Waals surface area contributed by atoms with E-state index in [4.69, 9.17) is 4.74 Å². The van der Waals surface area contributed by atoms with Crippen LogP contribution in [0.4, 0.5) is 0 Å². The van der Waals surface area contributed by atoms with E-state index >= 15 is 0 Å². The number of carboxylic acids is 1. The molecule has 1 aliphatic heterocycles. The molecular weight excluding hydrogens is 434 g/mol. The van der Waals surface area contributed by atoms with Crippen molar-refractivity contribution in [3.8, 4) is 5.75 Å². The summed E-state index contributed by atoms with van der Waals surface area (Å²) in [5, 5.41) is 15.9. The van der Waals surface area contributed by atoms with Gasteiger partial charge in [0.25, 0.3) is 0 Å². The van der Waals surface area contributed by atoms with Crippen molar-refractivity contribution in [2.24, 2.45) is 0 Å². The zero-order chi connectivity index (χ0) is 24.4. The highest BCUT2D eigenvalue weighted by Gasteiger charge is 2.30. The standard InChI is InChI=1S/C31H31NO3/c1-20-16-24(17-28(21(20)2)31(33)34)29-18-25(35-30-13-6-5-12-27(29)30)19-32-15-14-23-10-7-9-22-8-3-4-11-26(22)23/h3-13,16-17,25,29,32H,14-15,18-19H2,1-2H3,(H,33,34)/t25-,29+/m1/s1. The molecule has 4 nitrogen and oxygen atoms in total. The first-order chi connectivity index (χ1) is 17.0. The Morgan fingerprint density at radius 1 is 1.00 bits per heavy atom. The van der Waals surface area contributed by atoms with E-state index in [2.05, 4.69) is 59.9 Å². The van der Waals surface area contributed by atoms with E-state index in [0.29, 0.717) is 5.56 Å². The van der Waals surface area contributed by atoms with Crippen LogP contribution in [0.5, 0.6) is 5.75 Å². The lowest BCUT2D eigenvalue weighted by atomic mass is 9.82. The molecule has 4 heteroatoms. The van der Waals surface area contributed by atoms with Crippen LogP contribution in [0.2, 0.25) is 0 Å². The average molecular weight is 466 g/mol. The van der Waals surface area contributed by atoms with Gasteiger partial charge in [-0.2, -0.15) is 0 Å². The maximum atomic E-state index is 11.9. The molecule has 2 N–H and O–H groups in total. The van der Waals surface area contributed by atoms with Crippen molar-refractivity contribution >= 4 is 16.7 Å². The zero-order valence-corrected chi connectivity index (χ0v) is 20.3. The van der Waals surface area contributed by atoms with E-state index in [1.54, 1.807) is 0 Å². The van der Waals surface area contributed by atoms with E-state index in [1.165, 1.54) is 16.3 Å². The number of fused-ring (bicyclic) bond motifs is 2. The molecule has 2 atom stereocenters. The predicted molar refractivity (Wildman–Crippen MR) is 141 cm³/mol. The van der Waals surface area contributed by atoms with Gasteiger partial charge in [0.2, 0.25) is 0 Å². The van der Waals surface area contributed by atoms with Crippen LogP contribution in [0.3, 0.4) is 0 Å². The lowest BCUT2D eigenvalue weighted by Crippen LogP contribution is -2.36. The summed E-state index contributed by atoms with van der Waals surface area (Å²) in [7, 11) is 0. The number of benzene rings is 4. The molecule has 0 spiro atoms. The van der Waals surface area contributed by atoms with Gasteiger partial charge in [0, 0.05) is 18.0 Å². The second kappa shape index (κ2) is 9.93. The smallest absolute Gasteiger partial charge is 0.335 e. The van der Waals surface area contributed by atoms with Gasteiger partial charge in [-0.3, -0.25) is 0 Å². The molecule has 0 fully saturated rings. The molecule has 0 amide bonds. The number of hydrogen-bond acceptors (Lipinski definition) is 3. The average Bonchev–Trinajstić information content (AvgIpc) is 2.87. The first kappa shape index (κ1) is 23.1. The number of carbonyl (C=O) groups is 1. The highest BCUT2D eigenvalue weighted by atomic mass is 16.5. The fourth-order valence-electron chi connectivity index (χ4n) is 5.24. The van der Waals surface area contributed by atoms with Crippen LogP contribution in [-0.4, -0.2) is 30.3 Å². The highest BCUT2D eigenvalue weighted by molar-refractivity contribution is 5.90. The second-order valence-electron chi connectivity index (χ2n) is 9.47. The number of para-hydroxylation sites is 1. The molecular formula is C31H31NO3. The van der Waals surface area contributed by atoms with E-state index in [1.807, 2.05) is 38.1 Å². The van der Waals surface area contributed by atoms with Crippen molar-refractivity contribution in [2.45, 2.75) is 38.7 Å². The molecule has 35 heavy (non-hydrogen) atoms. The van der Waals surface area contributed by atoms with E-state index in [-0.39, 0.29) is 12.0 Å². The quantitative estimate of drug-likeness (QED) is 0.316. The van der Waals surface area contributed by atoms with Gasteiger partial charge in [-0.05, 0) is 78.4 Å².